The molecule has 0 aliphatic carbocycles. The summed E-state index contributed by atoms with van der Waals surface area (Å²) in [6.07, 6.45) is 1.62. The van der Waals surface area contributed by atoms with Crippen molar-refractivity contribution in [3.63, 3.8) is 0 Å². The number of hydrazone groups is 1. The number of aromatic nitrogens is 2. The van der Waals surface area contributed by atoms with Gasteiger partial charge in [0.05, 0.1) is 24.6 Å². The Balaban J connectivity index is 1.53. The zero-order valence-corrected chi connectivity index (χ0v) is 17.7. The summed E-state index contributed by atoms with van der Waals surface area (Å²) in [6.45, 7) is 4.30. The number of benzene rings is 3. The molecule has 0 fully saturated rings. The fourth-order valence-electron chi connectivity index (χ4n) is 3.44. The summed E-state index contributed by atoms with van der Waals surface area (Å²) in [5.41, 5.74) is 6.50. The summed E-state index contributed by atoms with van der Waals surface area (Å²) in [7, 11) is 1.62. The predicted molar refractivity (Wildman–Crippen MR) is 124 cm³/mol. The molecule has 0 atom stereocenters. The first-order valence-corrected chi connectivity index (χ1v) is 10.1. The molecular formula is C25H24N4O2. The van der Waals surface area contributed by atoms with Gasteiger partial charge < -0.3 is 4.74 Å². The van der Waals surface area contributed by atoms with Crippen LogP contribution in [-0.2, 0) is 0 Å². The summed E-state index contributed by atoms with van der Waals surface area (Å²) in [6, 6.07) is 21.7. The number of hydrogen-bond donors (Lipinski definition) is 2. The lowest BCUT2D eigenvalue weighted by molar-refractivity contribution is 0.0950. The van der Waals surface area contributed by atoms with Gasteiger partial charge in [0.15, 0.2) is 0 Å². The number of ether oxygens (including phenoxy) is 1. The number of nitrogens with zero attached hydrogens (tertiary/aromatic N) is 2. The minimum atomic E-state index is -0.368. The number of nitrogens with one attached hydrogen (secondary N) is 2. The van der Waals surface area contributed by atoms with Crippen LogP contribution in [0.2, 0.25) is 0 Å². The van der Waals surface area contributed by atoms with Gasteiger partial charge in [-0.3, -0.25) is 9.89 Å². The molecule has 6 heteroatoms. The van der Waals surface area contributed by atoms with Crippen molar-refractivity contribution in [2.24, 2.45) is 5.10 Å². The Morgan fingerprint density at radius 2 is 1.87 bits per heavy atom. The Morgan fingerprint density at radius 1 is 1.10 bits per heavy atom. The standard InChI is InChI=1S/C25H24N4O2/c1-16(2)18-10-8-17(9-11-18)15-26-29-25(30)22-14-21(27-28-22)24-20-7-5-4-6-19(20)12-13-23(24)31-3/h4-16H,1-3H3,(H,27,28)(H,29,30)/b26-15-. The Kier molecular flexibility index (Phi) is 5.80. The molecule has 0 radical (unpaired) electrons. The van der Waals surface area contributed by atoms with Crippen molar-refractivity contribution in [2.45, 2.75) is 19.8 Å². The quantitative estimate of drug-likeness (QED) is 0.340. The molecule has 0 aliphatic heterocycles. The zero-order valence-electron chi connectivity index (χ0n) is 17.7. The molecule has 1 heterocycles. The highest BCUT2D eigenvalue weighted by atomic mass is 16.5. The van der Waals surface area contributed by atoms with E-state index in [1.165, 1.54) is 5.56 Å². The third-order valence-electron chi connectivity index (χ3n) is 5.17. The molecule has 3 aromatic carbocycles. The smallest absolute Gasteiger partial charge is 0.289 e. The number of fused-ring (bicyclic) bond motifs is 1. The van der Waals surface area contributed by atoms with E-state index in [9.17, 15) is 4.79 Å². The largest absolute Gasteiger partial charge is 0.496 e. The minimum Gasteiger partial charge on any atom is -0.496 e. The van der Waals surface area contributed by atoms with E-state index in [2.05, 4.69) is 46.7 Å². The Morgan fingerprint density at radius 3 is 2.61 bits per heavy atom. The molecule has 0 aliphatic rings. The maximum absolute atomic E-state index is 12.5. The number of rotatable bonds is 6. The van der Waals surface area contributed by atoms with Crippen LogP contribution < -0.4 is 10.2 Å². The Bertz CT molecular complexity index is 1240. The summed E-state index contributed by atoms with van der Waals surface area (Å²) in [5.74, 6) is 0.800. The highest BCUT2D eigenvalue weighted by molar-refractivity contribution is 6.00. The van der Waals surface area contributed by atoms with Gasteiger partial charge in [-0.15, -0.1) is 0 Å². The molecule has 0 saturated heterocycles. The van der Waals surface area contributed by atoms with Crippen molar-refractivity contribution >= 4 is 22.9 Å². The molecule has 0 spiro atoms. The van der Waals surface area contributed by atoms with Crippen molar-refractivity contribution in [3.05, 3.63) is 83.6 Å². The Labute approximate surface area is 181 Å². The number of aromatic amines is 1. The van der Waals surface area contributed by atoms with Gasteiger partial charge >= 0.3 is 0 Å². The maximum atomic E-state index is 12.5. The molecule has 0 saturated carbocycles. The molecular weight excluding hydrogens is 388 g/mol. The van der Waals surface area contributed by atoms with Crippen molar-refractivity contribution in [1.29, 1.82) is 0 Å². The highest BCUT2D eigenvalue weighted by Gasteiger charge is 2.16. The highest BCUT2D eigenvalue weighted by Crippen LogP contribution is 2.36. The van der Waals surface area contributed by atoms with Gasteiger partial charge in [0.2, 0.25) is 0 Å². The number of amides is 1. The van der Waals surface area contributed by atoms with Gasteiger partial charge in [0.25, 0.3) is 5.91 Å². The number of H-pyrrole nitrogens is 1. The van der Waals surface area contributed by atoms with Crippen molar-refractivity contribution in [1.82, 2.24) is 15.6 Å². The third-order valence-corrected chi connectivity index (χ3v) is 5.17. The van der Waals surface area contributed by atoms with Crippen LogP contribution in [0.25, 0.3) is 22.0 Å². The lowest BCUT2D eigenvalue weighted by atomic mass is 10.0. The molecule has 1 aromatic heterocycles. The number of carbonyl (C=O) groups excluding carboxylic acids is 1. The van der Waals surface area contributed by atoms with E-state index in [1.54, 1.807) is 19.4 Å². The molecule has 31 heavy (non-hydrogen) atoms. The van der Waals surface area contributed by atoms with E-state index < -0.39 is 0 Å². The first kappa shape index (κ1) is 20.3. The fraction of sp³-hybridized carbons (Fsp3) is 0.160. The van der Waals surface area contributed by atoms with Crippen LogP contribution in [0, 0.1) is 0 Å². The van der Waals surface area contributed by atoms with Crippen LogP contribution in [0.5, 0.6) is 5.75 Å². The van der Waals surface area contributed by atoms with Crippen LogP contribution in [0.3, 0.4) is 0 Å². The number of carbonyl (C=O) groups is 1. The van der Waals surface area contributed by atoms with Crippen LogP contribution >= 0.6 is 0 Å². The van der Waals surface area contributed by atoms with E-state index in [1.807, 2.05) is 48.5 Å². The van der Waals surface area contributed by atoms with Gasteiger partial charge in [-0.25, -0.2) is 5.43 Å². The molecule has 4 rings (SSSR count). The van der Waals surface area contributed by atoms with Crippen LogP contribution in [0.4, 0.5) is 0 Å². The van der Waals surface area contributed by atoms with Gasteiger partial charge in [0.1, 0.15) is 11.4 Å². The fourth-order valence-corrected chi connectivity index (χ4v) is 3.44. The second-order valence-electron chi connectivity index (χ2n) is 7.55. The van der Waals surface area contributed by atoms with Crippen molar-refractivity contribution in [2.75, 3.05) is 7.11 Å². The first-order valence-electron chi connectivity index (χ1n) is 10.1. The minimum absolute atomic E-state index is 0.317. The number of methoxy groups -OCH3 is 1. The van der Waals surface area contributed by atoms with Crippen LogP contribution in [0.15, 0.2) is 71.8 Å². The van der Waals surface area contributed by atoms with Crippen molar-refractivity contribution < 1.29 is 9.53 Å². The van der Waals surface area contributed by atoms with Gasteiger partial charge in [0, 0.05) is 0 Å². The molecule has 0 bridgehead atoms. The van der Waals surface area contributed by atoms with E-state index in [0.717, 1.165) is 21.9 Å². The Hall–Kier alpha value is -3.93. The lowest BCUT2D eigenvalue weighted by Crippen LogP contribution is -2.18. The molecule has 4 aromatic rings. The maximum Gasteiger partial charge on any atom is 0.289 e. The van der Waals surface area contributed by atoms with Crippen molar-refractivity contribution in [3.8, 4) is 17.0 Å². The van der Waals surface area contributed by atoms with Gasteiger partial charge in [-0.05, 0) is 39.9 Å². The lowest BCUT2D eigenvalue weighted by Gasteiger charge is -2.09. The van der Waals surface area contributed by atoms with Gasteiger partial charge in [-0.2, -0.15) is 10.2 Å². The van der Waals surface area contributed by atoms with Crippen LogP contribution in [0.1, 0.15) is 41.4 Å². The molecule has 156 valence electrons. The summed E-state index contributed by atoms with van der Waals surface area (Å²) < 4.78 is 5.54. The van der Waals surface area contributed by atoms with E-state index in [-0.39, 0.29) is 5.91 Å². The second-order valence-corrected chi connectivity index (χ2v) is 7.55. The van der Waals surface area contributed by atoms with E-state index >= 15 is 0 Å². The second kappa shape index (κ2) is 8.83. The first-order chi connectivity index (χ1) is 15.1. The summed E-state index contributed by atoms with van der Waals surface area (Å²) >= 11 is 0. The molecule has 1 amide bonds. The molecule has 2 N–H and O–H groups in total. The monoisotopic (exact) mass is 412 g/mol. The summed E-state index contributed by atoms with van der Waals surface area (Å²) in [5, 5.41) is 13.3. The summed E-state index contributed by atoms with van der Waals surface area (Å²) in [4.78, 5) is 12.5. The third kappa shape index (κ3) is 4.33. The average molecular weight is 412 g/mol. The predicted octanol–water partition coefficient (Wildman–Crippen LogP) is 5.13. The molecule has 6 nitrogen and oxygen atoms in total. The van der Waals surface area contributed by atoms with Gasteiger partial charge in [-0.1, -0.05) is 68.4 Å². The topological polar surface area (TPSA) is 79.4 Å². The molecule has 0 unspecified atom stereocenters. The normalized spacial score (nSPS) is 11.4. The van der Waals surface area contributed by atoms with Crippen LogP contribution in [-0.4, -0.2) is 29.4 Å². The van der Waals surface area contributed by atoms with E-state index in [4.69, 9.17) is 4.74 Å². The van der Waals surface area contributed by atoms with E-state index in [0.29, 0.717) is 23.1 Å². The number of hydrogen-bond acceptors (Lipinski definition) is 4. The average Bonchev–Trinajstić information content (AvgIpc) is 3.28. The SMILES string of the molecule is COc1ccc2ccccc2c1-c1cc(C(=O)N/N=C\c2ccc(C(C)C)cc2)[nH]n1. The zero-order chi connectivity index (χ0) is 21.8.